The zero-order valence-electron chi connectivity index (χ0n) is 16.7. The number of nitriles is 1. The standard InChI is InChI=1S/C25H27N3/c1-27(2)25-12-14-28(18-25)13-11-19-3-8-24-16-23(10-9-22(24)15-19)21-6-4-20(17-26)5-7-21/h3-10,15-16,25H,11-14,18H2,1-2H3. The maximum atomic E-state index is 8.96. The van der Waals surface area contributed by atoms with Gasteiger partial charge in [0.2, 0.25) is 0 Å². The van der Waals surface area contributed by atoms with Gasteiger partial charge in [0, 0.05) is 19.1 Å². The lowest BCUT2D eigenvalue weighted by molar-refractivity contribution is 0.270. The van der Waals surface area contributed by atoms with Gasteiger partial charge in [-0.05, 0) is 79.1 Å². The molecule has 0 radical (unpaired) electrons. The fourth-order valence-electron chi connectivity index (χ4n) is 4.09. The highest BCUT2D eigenvalue weighted by atomic mass is 15.2. The van der Waals surface area contributed by atoms with Crippen LogP contribution >= 0.6 is 0 Å². The first kappa shape index (κ1) is 18.7. The van der Waals surface area contributed by atoms with Crippen LogP contribution in [0.4, 0.5) is 0 Å². The van der Waals surface area contributed by atoms with Crippen molar-refractivity contribution in [2.24, 2.45) is 0 Å². The van der Waals surface area contributed by atoms with Crippen LogP contribution in [-0.4, -0.2) is 49.6 Å². The van der Waals surface area contributed by atoms with E-state index in [2.05, 4.69) is 66.4 Å². The summed E-state index contributed by atoms with van der Waals surface area (Å²) in [5.41, 5.74) is 4.45. The number of rotatable bonds is 5. The van der Waals surface area contributed by atoms with Crippen LogP contribution in [0.3, 0.4) is 0 Å². The second kappa shape index (κ2) is 8.14. The monoisotopic (exact) mass is 369 g/mol. The number of likely N-dealkylation sites (tertiary alicyclic amines) is 1. The van der Waals surface area contributed by atoms with Gasteiger partial charge in [-0.1, -0.05) is 42.5 Å². The number of hydrogen-bond donors (Lipinski definition) is 0. The van der Waals surface area contributed by atoms with E-state index in [4.69, 9.17) is 5.26 Å². The average molecular weight is 370 g/mol. The number of benzene rings is 3. The molecule has 0 spiro atoms. The Hall–Kier alpha value is -2.67. The van der Waals surface area contributed by atoms with E-state index in [-0.39, 0.29) is 0 Å². The molecule has 28 heavy (non-hydrogen) atoms. The van der Waals surface area contributed by atoms with Gasteiger partial charge in [0.1, 0.15) is 0 Å². The van der Waals surface area contributed by atoms with E-state index in [0.717, 1.165) is 18.5 Å². The predicted octanol–water partition coefficient (Wildman–Crippen LogP) is 4.56. The molecular formula is C25H27N3. The summed E-state index contributed by atoms with van der Waals surface area (Å²) in [4.78, 5) is 4.93. The molecule has 1 atom stereocenters. The highest BCUT2D eigenvalue weighted by molar-refractivity contribution is 5.87. The minimum absolute atomic E-state index is 0.698. The molecular weight excluding hydrogens is 342 g/mol. The molecule has 1 heterocycles. The van der Waals surface area contributed by atoms with E-state index in [1.165, 1.54) is 41.4 Å². The molecule has 1 aliphatic rings. The van der Waals surface area contributed by atoms with Crippen LogP contribution in [0.1, 0.15) is 17.5 Å². The Kier molecular flexibility index (Phi) is 5.43. The molecule has 0 bridgehead atoms. The van der Waals surface area contributed by atoms with Crippen molar-refractivity contribution < 1.29 is 0 Å². The Labute approximate surface area is 167 Å². The van der Waals surface area contributed by atoms with E-state index in [1.807, 2.05) is 24.3 Å². The molecule has 0 saturated carbocycles. The number of likely N-dealkylation sites (N-methyl/N-ethyl adjacent to an activating group) is 1. The zero-order valence-corrected chi connectivity index (χ0v) is 16.7. The van der Waals surface area contributed by atoms with Gasteiger partial charge in [-0.25, -0.2) is 0 Å². The van der Waals surface area contributed by atoms with Crippen LogP contribution < -0.4 is 0 Å². The molecule has 142 valence electrons. The SMILES string of the molecule is CN(C)C1CCN(CCc2ccc3cc(-c4ccc(C#N)cc4)ccc3c2)C1. The summed E-state index contributed by atoms with van der Waals surface area (Å²) >= 11 is 0. The summed E-state index contributed by atoms with van der Waals surface area (Å²) in [6, 6.07) is 24.1. The van der Waals surface area contributed by atoms with Gasteiger partial charge in [0.15, 0.2) is 0 Å². The molecule has 1 aliphatic heterocycles. The van der Waals surface area contributed by atoms with Crippen LogP contribution in [0, 0.1) is 11.3 Å². The van der Waals surface area contributed by atoms with Crippen LogP contribution in [0.5, 0.6) is 0 Å². The maximum absolute atomic E-state index is 8.96. The second-order valence-electron chi connectivity index (χ2n) is 8.04. The first-order valence-electron chi connectivity index (χ1n) is 10.0. The molecule has 3 aromatic carbocycles. The van der Waals surface area contributed by atoms with Crippen LogP contribution in [0.25, 0.3) is 21.9 Å². The van der Waals surface area contributed by atoms with Gasteiger partial charge in [-0.3, -0.25) is 0 Å². The Morgan fingerprint density at radius 3 is 2.39 bits per heavy atom. The first-order chi connectivity index (χ1) is 13.6. The van der Waals surface area contributed by atoms with Crippen LogP contribution in [-0.2, 0) is 6.42 Å². The summed E-state index contributed by atoms with van der Waals surface area (Å²) in [6.45, 7) is 3.54. The highest BCUT2D eigenvalue weighted by Gasteiger charge is 2.23. The molecule has 4 rings (SSSR count). The van der Waals surface area contributed by atoms with Crippen molar-refractivity contribution in [1.82, 2.24) is 9.80 Å². The molecule has 3 heteroatoms. The van der Waals surface area contributed by atoms with Crippen molar-refractivity contribution in [2.75, 3.05) is 33.7 Å². The van der Waals surface area contributed by atoms with Crippen molar-refractivity contribution in [1.29, 1.82) is 5.26 Å². The zero-order chi connectivity index (χ0) is 19.5. The fraction of sp³-hybridized carbons (Fsp3) is 0.320. The summed E-state index contributed by atoms with van der Waals surface area (Å²) in [7, 11) is 4.37. The Bertz CT molecular complexity index is 998. The summed E-state index contributed by atoms with van der Waals surface area (Å²) in [5, 5.41) is 11.5. The van der Waals surface area contributed by atoms with Crippen molar-refractivity contribution in [2.45, 2.75) is 18.9 Å². The number of nitrogens with zero attached hydrogens (tertiary/aromatic N) is 3. The quantitative estimate of drug-likeness (QED) is 0.661. The third-order valence-electron chi connectivity index (χ3n) is 5.95. The van der Waals surface area contributed by atoms with Gasteiger partial charge in [-0.15, -0.1) is 0 Å². The smallest absolute Gasteiger partial charge is 0.0991 e. The third kappa shape index (κ3) is 4.09. The van der Waals surface area contributed by atoms with Crippen LogP contribution in [0.15, 0.2) is 60.7 Å². The summed E-state index contributed by atoms with van der Waals surface area (Å²) in [5.74, 6) is 0. The lowest BCUT2D eigenvalue weighted by atomic mass is 9.98. The van der Waals surface area contributed by atoms with Crippen molar-refractivity contribution >= 4 is 10.8 Å². The van der Waals surface area contributed by atoms with Gasteiger partial charge in [0.05, 0.1) is 11.6 Å². The molecule has 0 N–H and O–H groups in total. The largest absolute Gasteiger partial charge is 0.305 e. The van der Waals surface area contributed by atoms with E-state index in [9.17, 15) is 0 Å². The third-order valence-corrected chi connectivity index (χ3v) is 5.95. The number of fused-ring (bicyclic) bond motifs is 1. The maximum Gasteiger partial charge on any atom is 0.0991 e. The highest BCUT2D eigenvalue weighted by Crippen LogP contribution is 2.26. The van der Waals surface area contributed by atoms with Crippen molar-refractivity contribution in [3.05, 3.63) is 71.8 Å². The lowest BCUT2D eigenvalue weighted by Crippen LogP contribution is -2.32. The molecule has 0 aromatic heterocycles. The molecule has 1 saturated heterocycles. The lowest BCUT2D eigenvalue weighted by Gasteiger charge is -2.20. The average Bonchev–Trinajstić information content (AvgIpc) is 3.21. The van der Waals surface area contributed by atoms with E-state index in [0.29, 0.717) is 11.6 Å². The first-order valence-corrected chi connectivity index (χ1v) is 10.0. The Balaban J connectivity index is 1.45. The van der Waals surface area contributed by atoms with Crippen molar-refractivity contribution in [3.63, 3.8) is 0 Å². The minimum atomic E-state index is 0.698. The summed E-state index contributed by atoms with van der Waals surface area (Å²) < 4.78 is 0. The molecule has 0 amide bonds. The van der Waals surface area contributed by atoms with Gasteiger partial charge in [-0.2, -0.15) is 5.26 Å². The molecule has 1 fully saturated rings. The topological polar surface area (TPSA) is 30.3 Å². The van der Waals surface area contributed by atoms with E-state index >= 15 is 0 Å². The van der Waals surface area contributed by atoms with Gasteiger partial charge >= 0.3 is 0 Å². The predicted molar refractivity (Wildman–Crippen MR) is 116 cm³/mol. The normalized spacial score (nSPS) is 17.3. The van der Waals surface area contributed by atoms with Crippen LogP contribution in [0.2, 0.25) is 0 Å². The minimum Gasteiger partial charge on any atom is -0.305 e. The Morgan fingerprint density at radius 2 is 1.68 bits per heavy atom. The van der Waals surface area contributed by atoms with Gasteiger partial charge < -0.3 is 9.80 Å². The molecule has 0 aliphatic carbocycles. The number of hydrogen-bond acceptors (Lipinski definition) is 3. The van der Waals surface area contributed by atoms with E-state index < -0.39 is 0 Å². The Morgan fingerprint density at radius 1 is 0.964 bits per heavy atom. The van der Waals surface area contributed by atoms with Gasteiger partial charge in [0.25, 0.3) is 0 Å². The van der Waals surface area contributed by atoms with Crippen molar-refractivity contribution in [3.8, 4) is 17.2 Å². The summed E-state index contributed by atoms with van der Waals surface area (Å²) in [6.07, 6.45) is 2.39. The molecule has 3 nitrogen and oxygen atoms in total. The van der Waals surface area contributed by atoms with E-state index in [1.54, 1.807) is 0 Å². The molecule has 3 aromatic rings. The molecule has 1 unspecified atom stereocenters. The second-order valence-corrected chi connectivity index (χ2v) is 8.04. The fourth-order valence-corrected chi connectivity index (χ4v) is 4.09.